The van der Waals surface area contributed by atoms with Crippen molar-refractivity contribution in [1.82, 2.24) is 0 Å². The van der Waals surface area contributed by atoms with E-state index in [1.807, 2.05) is 20.8 Å². The zero-order valence-corrected chi connectivity index (χ0v) is 20.5. The number of aliphatic hydroxyl groups excluding tert-OH is 1. The molecule has 3 rings (SSSR count). The van der Waals surface area contributed by atoms with E-state index in [0.29, 0.717) is 6.42 Å². The van der Waals surface area contributed by atoms with Gasteiger partial charge in [0.2, 0.25) is 0 Å². The molecule has 3 aromatic carbocycles. The molecule has 1 atom stereocenters. The van der Waals surface area contributed by atoms with Gasteiger partial charge in [0.05, 0.1) is 0 Å². The third kappa shape index (κ3) is 4.86. The van der Waals surface area contributed by atoms with E-state index < -0.39 is 11.6 Å². The van der Waals surface area contributed by atoms with Crippen molar-refractivity contribution in [3.63, 3.8) is 0 Å². The Bertz CT molecular complexity index is 824. The van der Waals surface area contributed by atoms with Gasteiger partial charge >= 0.3 is 189 Å². The molecular weight excluding hydrogens is 455 g/mol. The van der Waals surface area contributed by atoms with Gasteiger partial charge in [0.15, 0.2) is 0 Å². The van der Waals surface area contributed by atoms with Crippen LogP contribution in [0.1, 0.15) is 33.6 Å². The van der Waals surface area contributed by atoms with Crippen molar-refractivity contribution < 1.29 is 9.84 Å². The first-order valence-electron chi connectivity index (χ1n) is 10.5. The Labute approximate surface area is 189 Å². The molecule has 0 saturated carbocycles. The van der Waals surface area contributed by atoms with Gasteiger partial charge in [0, 0.05) is 0 Å². The fourth-order valence-electron chi connectivity index (χ4n) is 4.08. The van der Waals surface area contributed by atoms with E-state index in [0.717, 1.165) is 12.6 Å². The average Bonchev–Trinajstić information content (AvgIpc) is 2.74. The van der Waals surface area contributed by atoms with Gasteiger partial charge in [-0.15, -0.1) is 0 Å². The van der Waals surface area contributed by atoms with Crippen molar-refractivity contribution >= 4 is 36.7 Å². The first-order chi connectivity index (χ1) is 14.2. The van der Waals surface area contributed by atoms with Crippen LogP contribution in [0.2, 0.25) is 0 Å². The van der Waals surface area contributed by atoms with Crippen LogP contribution < -0.4 is 15.9 Å². The number of aliphatic hydroxyl groups is 1. The van der Waals surface area contributed by atoms with Gasteiger partial charge in [-0.05, 0) is 0 Å². The first kappa shape index (κ1) is 23.2. The summed E-state index contributed by atoms with van der Waals surface area (Å²) in [5, 5.41) is 11.4. The molecule has 0 fully saturated rings. The molecule has 0 heterocycles. The second kappa shape index (κ2) is 9.32. The van der Waals surface area contributed by atoms with Gasteiger partial charge in [-0.25, -0.2) is 0 Å². The van der Waals surface area contributed by atoms with E-state index in [2.05, 4.69) is 106 Å². The monoisotopic (exact) mass is 486 g/mol. The van der Waals surface area contributed by atoms with Crippen LogP contribution in [-0.2, 0) is 4.74 Å². The predicted molar refractivity (Wildman–Crippen MR) is 135 cm³/mol. The number of hydrogen-bond acceptors (Lipinski definition) is 2. The molecule has 1 unspecified atom stereocenters. The van der Waals surface area contributed by atoms with Crippen LogP contribution in [0.3, 0.4) is 0 Å². The number of halogens is 1. The van der Waals surface area contributed by atoms with Crippen LogP contribution in [0.4, 0.5) is 0 Å². The Balaban J connectivity index is 2.09. The molecule has 0 radical (unpaired) electrons. The summed E-state index contributed by atoms with van der Waals surface area (Å²) in [4.78, 5) is 0. The predicted octanol–water partition coefficient (Wildman–Crippen LogP) is 5.74. The van der Waals surface area contributed by atoms with E-state index in [-0.39, 0.29) is 5.60 Å². The minimum absolute atomic E-state index is 0.363. The average molecular weight is 487 g/mol. The maximum atomic E-state index is 10.5. The Kier molecular flexibility index (Phi) is 7.20. The van der Waals surface area contributed by atoms with Gasteiger partial charge in [-0.2, -0.15) is 0 Å². The van der Waals surface area contributed by atoms with E-state index in [1.165, 1.54) is 15.9 Å². The summed E-state index contributed by atoms with van der Waals surface area (Å²) in [6.45, 7) is 5.91. The maximum absolute atomic E-state index is 10.5. The molecule has 0 aliphatic carbocycles. The molecular formula is C26H32BrO2P. The quantitative estimate of drug-likeness (QED) is 0.325. The van der Waals surface area contributed by atoms with Crippen LogP contribution >= 0.6 is 20.8 Å². The fraction of sp³-hybridized carbons (Fsp3) is 0.308. The van der Waals surface area contributed by atoms with Gasteiger partial charge in [0.1, 0.15) is 0 Å². The van der Waals surface area contributed by atoms with Crippen molar-refractivity contribution in [3.8, 4) is 0 Å². The third-order valence-corrected chi connectivity index (χ3v) is 15.4. The van der Waals surface area contributed by atoms with E-state index in [4.69, 9.17) is 4.74 Å². The van der Waals surface area contributed by atoms with Crippen molar-refractivity contribution in [1.29, 1.82) is 0 Å². The van der Waals surface area contributed by atoms with Gasteiger partial charge in [0.25, 0.3) is 0 Å². The van der Waals surface area contributed by atoms with Crippen molar-refractivity contribution in [3.05, 3.63) is 91.0 Å². The Morgan fingerprint density at radius 2 is 1.13 bits per heavy atom. The Hall–Kier alpha value is -1.51. The topological polar surface area (TPSA) is 29.5 Å². The van der Waals surface area contributed by atoms with Crippen LogP contribution in [0, 0.1) is 0 Å². The summed E-state index contributed by atoms with van der Waals surface area (Å²) in [5.41, 5.74) is -0.363. The van der Waals surface area contributed by atoms with Crippen molar-refractivity contribution in [2.24, 2.45) is 0 Å². The van der Waals surface area contributed by atoms with Gasteiger partial charge < -0.3 is 0 Å². The van der Waals surface area contributed by atoms with Gasteiger partial charge in [-0.3, -0.25) is 0 Å². The molecule has 30 heavy (non-hydrogen) atoms. The SMILES string of the molecule is CC(C)(C)OC(O)CCCP(Br)(c1ccccc1)(c1ccccc1)c1ccccc1. The summed E-state index contributed by atoms with van der Waals surface area (Å²) < 4.78 is 5.76. The summed E-state index contributed by atoms with van der Waals surface area (Å²) in [5.74, 6) is 0. The van der Waals surface area contributed by atoms with Crippen molar-refractivity contribution in [2.45, 2.75) is 45.5 Å². The molecule has 160 valence electrons. The molecule has 2 nitrogen and oxygen atoms in total. The second-order valence-corrected chi connectivity index (χ2v) is 17.8. The number of ether oxygens (including phenoxy) is 1. The molecule has 0 aromatic heterocycles. The molecule has 3 aromatic rings. The Morgan fingerprint density at radius 3 is 1.47 bits per heavy atom. The zero-order chi connectivity index (χ0) is 21.7. The number of benzene rings is 3. The van der Waals surface area contributed by atoms with Crippen LogP contribution in [0.15, 0.2) is 91.0 Å². The molecule has 0 saturated heterocycles. The summed E-state index contributed by atoms with van der Waals surface area (Å²) >= 11 is 4.44. The Morgan fingerprint density at radius 1 is 0.767 bits per heavy atom. The summed E-state index contributed by atoms with van der Waals surface area (Å²) in [7, 11) is 0. The number of hydrogen-bond donors (Lipinski definition) is 1. The van der Waals surface area contributed by atoms with E-state index in [9.17, 15) is 5.11 Å². The first-order valence-corrected chi connectivity index (χ1v) is 14.9. The van der Waals surface area contributed by atoms with E-state index >= 15 is 0 Å². The third-order valence-electron chi connectivity index (χ3n) is 5.40. The number of rotatable bonds is 8. The molecule has 0 aliphatic heterocycles. The fourth-order valence-corrected chi connectivity index (χ4v) is 11.8. The standard InChI is InChI=1S/C26H32BrO2P/c1-26(2,3)29-25(28)20-13-21-30(27,22-14-7-4-8-15-22,23-16-9-5-10-17-23)24-18-11-6-12-19-24/h4-12,14-19,25,28H,13,20-21H2,1-3H3. The molecule has 0 amide bonds. The van der Waals surface area contributed by atoms with Crippen LogP contribution in [-0.4, -0.2) is 23.2 Å². The van der Waals surface area contributed by atoms with Crippen LogP contribution in [0.25, 0.3) is 0 Å². The molecule has 0 spiro atoms. The van der Waals surface area contributed by atoms with Crippen molar-refractivity contribution in [2.75, 3.05) is 6.16 Å². The second-order valence-electron chi connectivity index (χ2n) is 8.74. The zero-order valence-electron chi connectivity index (χ0n) is 18.0. The molecule has 0 bridgehead atoms. The van der Waals surface area contributed by atoms with Gasteiger partial charge in [-0.1, -0.05) is 0 Å². The molecule has 4 heteroatoms. The van der Waals surface area contributed by atoms with Crippen LogP contribution in [0.5, 0.6) is 0 Å². The molecule has 0 aliphatic rings. The minimum atomic E-state index is -2.92. The molecule has 1 N–H and O–H groups in total. The summed E-state index contributed by atoms with van der Waals surface area (Å²) in [6, 6.07) is 32.3. The van der Waals surface area contributed by atoms with E-state index in [1.54, 1.807) is 0 Å². The summed E-state index contributed by atoms with van der Waals surface area (Å²) in [6.07, 6.45) is 1.55. The normalized spacial score (nSPS) is 14.6.